The molecule has 4 heteroatoms. The van der Waals surface area contributed by atoms with Crippen LogP contribution >= 0.6 is 0 Å². The molecular formula is C14H28O4. The molecule has 0 amide bonds. The van der Waals surface area contributed by atoms with Crippen LogP contribution in [0.25, 0.3) is 0 Å². The lowest BCUT2D eigenvalue weighted by Crippen LogP contribution is -2.11. The molecule has 0 aromatic heterocycles. The summed E-state index contributed by atoms with van der Waals surface area (Å²) in [5, 5.41) is 0. The first-order valence-electron chi connectivity index (χ1n) is 7.01. The number of hydrogen-bond acceptors (Lipinski definition) is 4. The Morgan fingerprint density at radius 2 is 1.78 bits per heavy atom. The number of hydrogen-bond donors (Lipinski definition) is 0. The summed E-state index contributed by atoms with van der Waals surface area (Å²) in [6.45, 7) is 8.45. The van der Waals surface area contributed by atoms with Gasteiger partial charge in [0.1, 0.15) is 0 Å². The van der Waals surface area contributed by atoms with E-state index in [-0.39, 0.29) is 12.1 Å². The molecule has 0 radical (unpaired) electrons. The van der Waals surface area contributed by atoms with Gasteiger partial charge in [-0.05, 0) is 26.7 Å². The fraction of sp³-hybridized carbons (Fsp3) is 0.929. The second-order valence-corrected chi connectivity index (χ2v) is 4.56. The number of carbonyl (C=O) groups excluding carboxylic acids is 1. The quantitative estimate of drug-likeness (QED) is 0.400. The highest BCUT2D eigenvalue weighted by molar-refractivity contribution is 5.69. The standard InChI is InChI=1S/C14H28O4/c1-4-5-6-10-18-14(15)8-7-9-16-11-12-17-13(2)3/h13H,4-12H2,1-3H3. The van der Waals surface area contributed by atoms with Crippen molar-refractivity contribution in [2.24, 2.45) is 0 Å². The third-order valence-corrected chi connectivity index (χ3v) is 2.36. The van der Waals surface area contributed by atoms with Crippen LogP contribution in [0.3, 0.4) is 0 Å². The summed E-state index contributed by atoms with van der Waals surface area (Å²) in [7, 11) is 0. The van der Waals surface area contributed by atoms with Gasteiger partial charge in [-0.15, -0.1) is 0 Å². The van der Waals surface area contributed by atoms with Gasteiger partial charge in [-0.3, -0.25) is 4.79 Å². The highest BCUT2D eigenvalue weighted by Gasteiger charge is 2.02. The van der Waals surface area contributed by atoms with Crippen molar-refractivity contribution >= 4 is 5.97 Å². The highest BCUT2D eigenvalue weighted by Crippen LogP contribution is 1.98. The van der Waals surface area contributed by atoms with Crippen molar-refractivity contribution in [1.29, 1.82) is 0 Å². The number of ether oxygens (including phenoxy) is 3. The summed E-state index contributed by atoms with van der Waals surface area (Å²) in [4.78, 5) is 11.3. The second kappa shape index (κ2) is 12.8. The van der Waals surface area contributed by atoms with Crippen LogP contribution in [-0.4, -0.2) is 38.5 Å². The molecule has 0 bridgehead atoms. The average molecular weight is 260 g/mol. The molecule has 0 saturated heterocycles. The van der Waals surface area contributed by atoms with Gasteiger partial charge in [0.2, 0.25) is 0 Å². The Labute approximate surface area is 111 Å². The van der Waals surface area contributed by atoms with Gasteiger partial charge in [0.15, 0.2) is 0 Å². The van der Waals surface area contributed by atoms with E-state index in [1.807, 2.05) is 13.8 Å². The van der Waals surface area contributed by atoms with Gasteiger partial charge in [-0.2, -0.15) is 0 Å². The normalized spacial score (nSPS) is 10.9. The van der Waals surface area contributed by atoms with Crippen molar-refractivity contribution in [1.82, 2.24) is 0 Å². The Morgan fingerprint density at radius 1 is 1.00 bits per heavy atom. The molecular weight excluding hydrogens is 232 g/mol. The lowest BCUT2D eigenvalue weighted by Gasteiger charge is -2.08. The zero-order valence-electron chi connectivity index (χ0n) is 12.1. The molecule has 0 fully saturated rings. The van der Waals surface area contributed by atoms with Crippen LogP contribution < -0.4 is 0 Å². The molecule has 0 aliphatic rings. The molecule has 0 aliphatic heterocycles. The topological polar surface area (TPSA) is 44.8 Å². The van der Waals surface area contributed by atoms with Crippen LogP contribution in [0.2, 0.25) is 0 Å². The summed E-state index contributed by atoms with van der Waals surface area (Å²) in [6, 6.07) is 0. The first kappa shape index (κ1) is 17.4. The minimum Gasteiger partial charge on any atom is -0.466 e. The molecule has 108 valence electrons. The van der Waals surface area contributed by atoms with E-state index < -0.39 is 0 Å². The summed E-state index contributed by atoms with van der Waals surface area (Å²) in [6.07, 6.45) is 4.62. The SMILES string of the molecule is CCCCCOC(=O)CCCOCCOC(C)C. The number of rotatable bonds is 12. The van der Waals surface area contributed by atoms with Gasteiger partial charge in [-0.1, -0.05) is 19.8 Å². The Bertz CT molecular complexity index is 192. The average Bonchev–Trinajstić information content (AvgIpc) is 2.33. The summed E-state index contributed by atoms with van der Waals surface area (Å²) < 4.78 is 15.8. The largest absolute Gasteiger partial charge is 0.466 e. The minimum atomic E-state index is -0.117. The molecule has 0 heterocycles. The van der Waals surface area contributed by atoms with Crippen molar-refractivity contribution in [3.63, 3.8) is 0 Å². The Morgan fingerprint density at radius 3 is 2.44 bits per heavy atom. The van der Waals surface area contributed by atoms with Crippen molar-refractivity contribution in [2.75, 3.05) is 26.4 Å². The molecule has 0 aromatic rings. The first-order valence-corrected chi connectivity index (χ1v) is 7.01. The van der Waals surface area contributed by atoms with Gasteiger partial charge < -0.3 is 14.2 Å². The fourth-order valence-electron chi connectivity index (χ4n) is 1.37. The Kier molecular flexibility index (Phi) is 12.4. The van der Waals surface area contributed by atoms with Gasteiger partial charge in [0.05, 0.1) is 25.9 Å². The van der Waals surface area contributed by atoms with E-state index in [1.165, 1.54) is 0 Å². The van der Waals surface area contributed by atoms with Crippen LogP contribution in [-0.2, 0) is 19.0 Å². The highest BCUT2D eigenvalue weighted by atomic mass is 16.5. The van der Waals surface area contributed by atoms with E-state index in [2.05, 4.69) is 6.92 Å². The van der Waals surface area contributed by atoms with Gasteiger partial charge in [-0.25, -0.2) is 0 Å². The maximum Gasteiger partial charge on any atom is 0.305 e. The first-order chi connectivity index (χ1) is 8.66. The molecule has 0 unspecified atom stereocenters. The van der Waals surface area contributed by atoms with E-state index in [1.54, 1.807) is 0 Å². The molecule has 0 saturated carbocycles. The third-order valence-electron chi connectivity index (χ3n) is 2.36. The van der Waals surface area contributed by atoms with Crippen molar-refractivity contribution < 1.29 is 19.0 Å². The molecule has 0 N–H and O–H groups in total. The summed E-state index contributed by atoms with van der Waals surface area (Å²) >= 11 is 0. The van der Waals surface area contributed by atoms with Crippen LogP contribution in [0.4, 0.5) is 0 Å². The zero-order chi connectivity index (χ0) is 13.6. The van der Waals surface area contributed by atoms with E-state index in [4.69, 9.17) is 14.2 Å². The molecule has 4 nitrogen and oxygen atoms in total. The van der Waals surface area contributed by atoms with Crippen LogP contribution in [0.1, 0.15) is 52.9 Å². The molecule has 0 atom stereocenters. The summed E-state index contributed by atoms with van der Waals surface area (Å²) in [5.41, 5.74) is 0. The number of unbranched alkanes of at least 4 members (excludes halogenated alkanes) is 2. The predicted molar refractivity (Wildman–Crippen MR) is 71.6 cm³/mol. The second-order valence-electron chi connectivity index (χ2n) is 4.56. The van der Waals surface area contributed by atoms with Crippen LogP contribution in [0.15, 0.2) is 0 Å². The summed E-state index contributed by atoms with van der Waals surface area (Å²) in [5.74, 6) is -0.117. The number of carbonyl (C=O) groups is 1. The Balaban J connectivity index is 3.15. The van der Waals surface area contributed by atoms with Gasteiger partial charge >= 0.3 is 5.97 Å². The maximum absolute atomic E-state index is 11.3. The van der Waals surface area contributed by atoms with Crippen molar-refractivity contribution in [3.8, 4) is 0 Å². The van der Waals surface area contributed by atoms with E-state index in [9.17, 15) is 4.79 Å². The third kappa shape index (κ3) is 13.5. The van der Waals surface area contributed by atoms with Crippen LogP contribution in [0.5, 0.6) is 0 Å². The maximum atomic E-state index is 11.3. The molecule has 0 aromatic carbocycles. The Hall–Kier alpha value is -0.610. The zero-order valence-corrected chi connectivity index (χ0v) is 12.1. The monoisotopic (exact) mass is 260 g/mol. The van der Waals surface area contributed by atoms with E-state index >= 15 is 0 Å². The van der Waals surface area contributed by atoms with Crippen molar-refractivity contribution in [2.45, 2.75) is 59.0 Å². The van der Waals surface area contributed by atoms with Gasteiger partial charge in [0, 0.05) is 13.0 Å². The lowest BCUT2D eigenvalue weighted by molar-refractivity contribution is -0.144. The molecule has 0 spiro atoms. The van der Waals surface area contributed by atoms with E-state index in [0.29, 0.717) is 39.3 Å². The smallest absolute Gasteiger partial charge is 0.305 e. The number of esters is 1. The van der Waals surface area contributed by atoms with E-state index in [0.717, 1.165) is 19.3 Å². The lowest BCUT2D eigenvalue weighted by atomic mass is 10.3. The molecule has 0 aliphatic carbocycles. The predicted octanol–water partition coefficient (Wildman–Crippen LogP) is 2.94. The van der Waals surface area contributed by atoms with Crippen LogP contribution in [0, 0.1) is 0 Å². The fourth-order valence-corrected chi connectivity index (χ4v) is 1.37. The molecule has 0 rings (SSSR count). The molecule has 18 heavy (non-hydrogen) atoms. The van der Waals surface area contributed by atoms with Crippen molar-refractivity contribution in [3.05, 3.63) is 0 Å². The minimum absolute atomic E-state index is 0.117. The van der Waals surface area contributed by atoms with Gasteiger partial charge in [0.25, 0.3) is 0 Å².